The van der Waals surface area contributed by atoms with Crippen LogP contribution in [0.5, 0.6) is 0 Å². The van der Waals surface area contributed by atoms with Crippen molar-refractivity contribution >= 4 is 5.97 Å². The van der Waals surface area contributed by atoms with Gasteiger partial charge in [0.25, 0.3) is 0 Å². The summed E-state index contributed by atoms with van der Waals surface area (Å²) in [7, 11) is 0. The standard InChI is InChI=1S/C10H19NO2/c1-4-6-11(8-10(12)13)7-9(3)5-2/h4,9H,1,5-8H2,2-3H3,(H,12,13). The van der Waals surface area contributed by atoms with Crippen molar-refractivity contribution in [3.63, 3.8) is 0 Å². The smallest absolute Gasteiger partial charge is 0.317 e. The molecule has 0 aliphatic rings. The summed E-state index contributed by atoms with van der Waals surface area (Å²) < 4.78 is 0. The van der Waals surface area contributed by atoms with E-state index in [4.69, 9.17) is 5.11 Å². The minimum Gasteiger partial charge on any atom is -0.480 e. The Balaban J connectivity index is 3.92. The van der Waals surface area contributed by atoms with E-state index in [9.17, 15) is 4.79 Å². The molecule has 0 aliphatic carbocycles. The van der Waals surface area contributed by atoms with E-state index < -0.39 is 5.97 Å². The predicted octanol–water partition coefficient (Wildman–Crippen LogP) is 1.61. The molecule has 1 N–H and O–H groups in total. The maximum Gasteiger partial charge on any atom is 0.317 e. The summed E-state index contributed by atoms with van der Waals surface area (Å²) in [6.45, 7) is 9.42. The van der Waals surface area contributed by atoms with Gasteiger partial charge in [-0.1, -0.05) is 26.3 Å². The van der Waals surface area contributed by atoms with Crippen molar-refractivity contribution in [1.29, 1.82) is 0 Å². The van der Waals surface area contributed by atoms with Gasteiger partial charge in [-0.15, -0.1) is 6.58 Å². The van der Waals surface area contributed by atoms with Gasteiger partial charge in [0.05, 0.1) is 6.54 Å². The summed E-state index contributed by atoms with van der Waals surface area (Å²) >= 11 is 0. The minimum atomic E-state index is -0.773. The van der Waals surface area contributed by atoms with Crippen LogP contribution in [0.4, 0.5) is 0 Å². The fourth-order valence-corrected chi connectivity index (χ4v) is 1.15. The van der Waals surface area contributed by atoms with Crippen LogP contribution in [0.25, 0.3) is 0 Å². The van der Waals surface area contributed by atoms with Gasteiger partial charge in [-0.05, 0) is 5.92 Å². The van der Waals surface area contributed by atoms with E-state index in [0.29, 0.717) is 12.5 Å². The van der Waals surface area contributed by atoms with Crippen LogP contribution in [0.15, 0.2) is 12.7 Å². The zero-order chi connectivity index (χ0) is 10.3. The van der Waals surface area contributed by atoms with Crippen molar-refractivity contribution in [1.82, 2.24) is 4.90 Å². The molecule has 0 fully saturated rings. The third-order valence-electron chi connectivity index (χ3n) is 2.01. The molecule has 0 rings (SSSR count). The van der Waals surface area contributed by atoms with E-state index >= 15 is 0 Å². The van der Waals surface area contributed by atoms with E-state index in [1.807, 2.05) is 4.90 Å². The Morgan fingerprint density at radius 3 is 2.69 bits per heavy atom. The first-order valence-electron chi connectivity index (χ1n) is 4.65. The van der Waals surface area contributed by atoms with Crippen LogP contribution in [0.1, 0.15) is 20.3 Å². The molecule has 13 heavy (non-hydrogen) atoms. The zero-order valence-electron chi connectivity index (χ0n) is 8.49. The summed E-state index contributed by atoms with van der Waals surface area (Å²) in [4.78, 5) is 12.4. The molecule has 0 radical (unpaired) electrons. The number of hydrogen-bond acceptors (Lipinski definition) is 2. The fraction of sp³-hybridized carbons (Fsp3) is 0.700. The van der Waals surface area contributed by atoms with E-state index in [1.54, 1.807) is 6.08 Å². The molecule has 0 amide bonds. The van der Waals surface area contributed by atoms with Crippen LogP contribution >= 0.6 is 0 Å². The van der Waals surface area contributed by atoms with Crippen LogP contribution < -0.4 is 0 Å². The van der Waals surface area contributed by atoms with E-state index in [2.05, 4.69) is 20.4 Å². The normalized spacial score (nSPS) is 12.8. The lowest BCUT2D eigenvalue weighted by Gasteiger charge is -2.21. The molecule has 0 aromatic rings. The third kappa shape index (κ3) is 6.34. The second-order valence-corrected chi connectivity index (χ2v) is 3.39. The molecule has 0 heterocycles. The molecular weight excluding hydrogens is 166 g/mol. The van der Waals surface area contributed by atoms with Gasteiger partial charge in [-0.3, -0.25) is 9.69 Å². The molecule has 0 spiro atoms. The summed E-state index contributed by atoms with van der Waals surface area (Å²) in [5.41, 5.74) is 0. The number of carbonyl (C=O) groups is 1. The summed E-state index contributed by atoms with van der Waals surface area (Å²) in [5, 5.41) is 8.62. The van der Waals surface area contributed by atoms with Crippen molar-refractivity contribution < 1.29 is 9.90 Å². The van der Waals surface area contributed by atoms with E-state index in [1.165, 1.54) is 0 Å². The molecule has 1 unspecified atom stereocenters. The van der Waals surface area contributed by atoms with Gasteiger partial charge < -0.3 is 5.11 Å². The van der Waals surface area contributed by atoms with Gasteiger partial charge in [0, 0.05) is 13.1 Å². The number of rotatable bonds is 7. The highest BCUT2D eigenvalue weighted by Gasteiger charge is 2.10. The second-order valence-electron chi connectivity index (χ2n) is 3.39. The largest absolute Gasteiger partial charge is 0.480 e. The molecule has 0 aromatic heterocycles. The van der Waals surface area contributed by atoms with Crippen LogP contribution in [0, 0.1) is 5.92 Å². The number of carboxylic acid groups (broad SMARTS) is 1. The maximum atomic E-state index is 10.5. The Bertz CT molecular complexity index is 168. The Morgan fingerprint density at radius 1 is 1.69 bits per heavy atom. The van der Waals surface area contributed by atoms with Gasteiger partial charge in [0.2, 0.25) is 0 Å². The first-order chi connectivity index (χ1) is 6.10. The van der Waals surface area contributed by atoms with Gasteiger partial charge in [0.1, 0.15) is 0 Å². The topological polar surface area (TPSA) is 40.5 Å². The van der Waals surface area contributed by atoms with Gasteiger partial charge in [-0.2, -0.15) is 0 Å². The molecule has 0 aromatic carbocycles. The molecule has 0 saturated heterocycles. The Kier molecular flexibility index (Phi) is 6.24. The number of nitrogens with zero attached hydrogens (tertiary/aromatic N) is 1. The third-order valence-corrected chi connectivity index (χ3v) is 2.01. The SMILES string of the molecule is C=CCN(CC(=O)O)CC(C)CC. The predicted molar refractivity (Wildman–Crippen MR) is 53.7 cm³/mol. The maximum absolute atomic E-state index is 10.5. The molecule has 0 saturated carbocycles. The van der Waals surface area contributed by atoms with Crippen molar-refractivity contribution in [2.24, 2.45) is 5.92 Å². The van der Waals surface area contributed by atoms with E-state index in [0.717, 1.165) is 13.0 Å². The van der Waals surface area contributed by atoms with E-state index in [-0.39, 0.29) is 6.54 Å². The first-order valence-corrected chi connectivity index (χ1v) is 4.65. The van der Waals surface area contributed by atoms with Crippen molar-refractivity contribution in [3.05, 3.63) is 12.7 Å². The monoisotopic (exact) mass is 185 g/mol. The molecule has 76 valence electrons. The van der Waals surface area contributed by atoms with Gasteiger partial charge in [-0.25, -0.2) is 0 Å². The highest BCUT2D eigenvalue weighted by Crippen LogP contribution is 2.03. The van der Waals surface area contributed by atoms with Crippen LogP contribution in [-0.2, 0) is 4.79 Å². The molecule has 3 heteroatoms. The second kappa shape index (κ2) is 6.66. The lowest BCUT2D eigenvalue weighted by atomic mass is 10.1. The summed E-state index contributed by atoms with van der Waals surface area (Å²) in [6, 6.07) is 0. The zero-order valence-corrected chi connectivity index (χ0v) is 8.49. The van der Waals surface area contributed by atoms with Crippen LogP contribution in [0.3, 0.4) is 0 Å². The Morgan fingerprint density at radius 2 is 2.31 bits per heavy atom. The van der Waals surface area contributed by atoms with Crippen molar-refractivity contribution in [2.75, 3.05) is 19.6 Å². The number of carboxylic acids is 1. The van der Waals surface area contributed by atoms with Gasteiger partial charge in [0.15, 0.2) is 0 Å². The number of hydrogen-bond donors (Lipinski definition) is 1. The number of aliphatic carboxylic acids is 1. The Hall–Kier alpha value is -0.830. The molecular formula is C10H19NO2. The molecule has 1 atom stereocenters. The molecule has 3 nitrogen and oxygen atoms in total. The highest BCUT2D eigenvalue weighted by molar-refractivity contribution is 5.69. The quantitative estimate of drug-likeness (QED) is 0.612. The van der Waals surface area contributed by atoms with Crippen LogP contribution in [0.2, 0.25) is 0 Å². The fourth-order valence-electron chi connectivity index (χ4n) is 1.15. The molecule has 0 aliphatic heterocycles. The van der Waals surface area contributed by atoms with Crippen molar-refractivity contribution in [2.45, 2.75) is 20.3 Å². The summed E-state index contributed by atoms with van der Waals surface area (Å²) in [6.07, 6.45) is 2.82. The Labute approximate surface area is 80.0 Å². The average Bonchev–Trinajstić information content (AvgIpc) is 2.03. The average molecular weight is 185 g/mol. The summed E-state index contributed by atoms with van der Waals surface area (Å²) in [5.74, 6) is -0.232. The lowest BCUT2D eigenvalue weighted by molar-refractivity contribution is -0.138. The minimum absolute atomic E-state index is 0.108. The molecule has 0 bridgehead atoms. The van der Waals surface area contributed by atoms with Crippen LogP contribution in [-0.4, -0.2) is 35.6 Å². The lowest BCUT2D eigenvalue weighted by Crippen LogP contribution is -2.33. The van der Waals surface area contributed by atoms with Gasteiger partial charge >= 0.3 is 5.97 Å². The highest BCUT2D eigenvalue weighted by atomic mass is 16.4. The van der Waals surface area contributed by atoms with Crippen molar-refractivity contribution in [3.8, 4) is 0 Å². The first kappa shape index (κ1) is 12.2.